The molecule has 49 heavy (non-hydrogen) atoms. The zero-order valence-corrected chi connectivity index (χ0v) is 30.2. The Kier molecular flexibility index (Phi) is 9.79. The Balaban J connectivity index is 1.55. The summed E-state index contributed by atoms with van der Waals surface area (Å²) in [6, 6.07) is 13.4. The number of imidazole rings is 1. The minimum absolute atomic E-state index is 0.0402. The Labute approximate surface area is 289 Å². The van der Waals surface area contributed by atoms with Gasteiger partial charge in [-0.3, -0.25) is 4.40 Å². The minimum Gasteiger partial charge on any atom is -0.490 e. The van der Waals surface area contributed by atoms with Crippen LogP contribution in [0, 0.1) is 19.7 Å². The smallest absolute Gasteiger partial charge is 0.339 e. The van der Waals surface area contributed by atoms with Crippen LogP contribution in [0.15, 0.2) is 48.7 Å². The first-order valence-electron chi connectivity index (χ1n) is 17.5. The molecule has 0 aliphatic carbocycles. The van der Waals surface area contributed by atoms with Crippen LogP contribution >= 0.6 is 0 Å². The Morgan fingerprint density at radius 3 is 2.51 bits per heavy atom. The van der Waals surface area contributed by atoms with Crippen LogP contribution in [0.3, 0.4) is 0 Å². The molecule has 7 rings (SSSR count). The van der Waals surface area contributed by atoms with E-state index >= 15 is 4.39 Å². The van der Waals surface area contributed by atoms with Crippen molar-refractivity contribution in [3.05, 3.63) is 71.2 Å². The van der Waals surface area contributed by atoms with E-state index in [9.17, 15) is 4.79 Å². The Morgan fingerprint density at radius 2 is 1.80 bits per heavy atom. The van der Waals surface area contributed by atoms with Crippen LogP contribution < -0.4 is 9.64 Å². The number of anilines is 1. The molecule has 0 N–H and O–H groups in total. The van der Waals surface area contributed by atoms with Gasteiger partial charge in [-0.2, -0.15) is 0 Å². The van der Waals surface area contributed by atoms with Gasteiger partial charge in [-0.05, 0) is 122 Å². The van der Waals surface area contributed by atoms with Gasteiger partial charge in [-0.1, -0.05) is 18.2 Å². The molecule has 6 bridgehead atoms. The topological polar surface area (TPSA) is 74.5 Å². The van der Waals surface area contributed by atoms with Crippen molar-refractivity contribution in [1.82, 2.24) is 9.38 Å². The molecule has 8 nitrogen and oxygen atoms in total. The lowest BCUT2D eigenvalue weighted by Gasteiger charge is -2.42. The molecular weight excluding hydrogens is 621 g/mol. The quantitative estimate of drug-likeness (QED) is 0.202. The van der Waals surface area contributed by atoms with Crippen LogP contribution in [0.25, 0.3) is 28.0 Å². The summed E-state index contributed by atoms with van der Waals surface area (Å²) in [5.41, 5.74) is 5.28. The van der Waals surface area contributed by atoms with Crippen molar-refractivity contribution in [3.63, 3.8) is 0 Å². The third-order valence-electron chi connectivity index (χ3n) is 9.76. The van der Waals surface area contributed by atoms with Crippen LogP contribution in [0.2, 0.25) is 0 Å². The molecule has 9 heteroatoms. The second kappa shape index (κ2) is 13.8. The minimum atomic E-state index is -0.939. The summed E-state index contributed by atoms with van der Waals surface area (Å²) >= 11 is 0. The lowest BCUT2D eigenvalue weighted by atomic mass is 9.92. The number of rotatable bonds is 3. The van der Waals surface area contributed by atoms with E-state index in [1.807, 2.05) is 64.2 Å². The highest BCUT2D eigenvalue weighted by atomic mass is 19.1. The fraction of sp³-hybridized carbons (Fsp3) is 0.500. The van der Waals surface area contributed by atoms with Gasteiger partial charge in [0.15, 0.2) is 6.10 Å². The van der Waals surface area contributed by atoms with E-state index in [-0.39, 0.29) is 17.5 Å². The number of nitrogens with zero attached hydrogens (tertiary/aromatic N) is 3. The maximum Gasteiger partial charge on any atom is 0.339 e. The number of methoxy groups -OCH3 is 1. The molecule has 5 heterocycles. The highest BCUT2D eigenvalue weighted by molar-refractivity contribution is 5.82. The van der Waals surface area contributed by atoms with Crippen molar-refractivity contribution in [2.24, 2.45) is 0 Å². The number of benzene rings is 2. The van der Waals surface area contributed by atoms with Crippen LogP contribution in [-0.4, -0.2) is 59.5 Å². The number of hydrogen-bond acceptors (Lipinski definition) is 7. The van der Waals surface area contributed by atoms with Gasteiger partial charge in [-0.15, -0.1) is 0 Å². The highest BCUT2D eigenvalue weighted by Crippen LogP contribution is 2.41. The van der Waals surface area contributed by atoms with Crippen molar-refractivity contribution >= 4 is 17.4 Å². The normalized spacial score (nSPS) is 20.9. The van der Waals surface area contributed by atoms with Gasteiger partial charge in [0, 0.05) is 42.6 Å². The van der Waals surface area contributed by atoms with E-state index in [1.54, 1.807) is 19.1 Å². The van der Waals surface area contributed by atoms with Gasteiger partial charge in [0.05, 0.1) is 30.1 Å². The van der Waals surface area contributed by atoms with Crippen LogP contribution in [-0.2, 0) is 19.0 Å². The maximum atomic E-state index is 15.1. The average molecular weight is 672 g/mol. The summed E-state index contributed by atoms with van der Waals surface area (Å²) in [6.07, 6.45) is 5.47. The first-order valence-corrected chi connectivity index (χ1v) is 17.5. The number of fused-ring (bicyclic) bond motifs is 8. The standard InChI is InChI=1S/C40H50FN3O5/c1-25-20-33-30(23-31(25)41)28-13-11-14-29(22-28)32-24-44-34(42-32)21-26(2)35(36(38(45)46-8)49-39(4,5)6)37(44)43-17-15-40(7,16-18-43)47-19-10-9-12-27(3)48-33/h11,13-14,20-24,27,36H,9-10,12,15-19H2,1-8H3. The van der Waals surface area contributed by atoms with Gasteiger partial charge >= 0.3 is 5.97 Å². The molecule has 2 aromatic carbocycles. The molecule has 2 aromatic heterocycles. The monoisotopic (exact) mass is 671 g/mol. The number of pyridine rings is 1. The molecular formula is C40H50FN3O5. The fourth-order valence-corrected chi connectivity index (χ4v) is 7.00. The second-order valence-corrected chi connectivity index (χ2v) is 14.9. The number of carbonyl (C=O) groups excluding carboxylic acids is 1. The Bertz CT molecular complexity index is 1840. The molecule has 3 aliphatic rings. The molecule has 0 spiro atoms. The molecule has 0 saturated carbocycles. The van der Waals surface area contributed by atoms with Crippen LogP contribution in [0.5, 0.6) is 5.75 Å². The lowest BCUT2D eigenvalue weighted by Crippen LogP contribution is -2.45. The van der Waals surface area contributed by atoms with Gasteiger partial charge < -0.3 is 23.8 Å². The predicted octanol–water partition coefficient (Wildman–Crippen LogP) is 8.78. The molecule has 4 aromatic rings. The van der Waals surface area contributed by atoms with Crippen molar-refractivity contribution in [2.75, 3.05) is 31.7 Å². The fourth-order valence-electron chi connectivity index (χ4n) is 7.00. The first-order chi connectivity index (χ1) is 23.2. The van der Waals surface area contributed by atoms with Gasteiger partial charge in [0.25, 0.3) is 0 Å². The summed E-state index contributed by atoms with van der Waals surface area (Å²) in [5, 5.41) is 0. The summed E-state index contributed by atoms with van der Waals surface area (Å²) in [4.78, 5) is 20.9. The predicted molar refractivity (Wildman–Crippen MR) is 191 cm³/mol. The van der Waals surface area contributed by atoms with Gasteiger partial charge in [0.1, 0.15) is 23.0 Å². The molecule has 0 radical (unpaired) electrons. The zero-order valence-electron chi connectivity index (χ0n) is 30.2. The van der Waals surface area contributed by atoms with E-state index in [2.05, 4.69) is 23.1 Å². The molecule has 0 amide bonds. The Hall–Kier alpha value is -3.95. The molecule has 2 atom stereocenters. The zero-order chi connectivity index (χ0) is 35.1. The number of halogens is 1. The van der Waals surface area contributed by atoms with Crippen molar-refractivity contribution < 1.29 is 28.1 Å². The lowest BCUT2D eigenvalue weighted by molar-refractivity contribution is -0.164. The molecule has 2 unspecified atom stereocenters. The number of esters is 1. The molecule has 3 aliphatic heterocycles. The number of piperidine rings is 1. The van der Waals surface area contributed by atoms with Gasteiger partial charge in [0.2, 0.25) is 0 Å². The average Bonchev–Trinajstić information content (AvgIpc) is 3.47. The van der Waals surface area contributed by atoms with Crippen molar-refractivity contribution in [3.8, 4) is 28.1 Å². The summed E-state index contributed by atoms with van der Waals surface area (Å²) in [5.74, 6) is 0.807. The molecule has 1 fully saturated rings. The van der Waals surface area contributed by atoms with E-state index in [0.717, 1.165) is 84.6 Å². The van der Waals surface area contributed by atoms with Crippen molar-refractivity contribution in [2.45, 2.75) is 104 Å². The van der Waals surface area contributed by atoms with Crippen LogP contribution in [0.1, 0.15) is 89.5 Å². The molecule has 262 valence electrons. The molecule has 1 saturated heterocycles. The summed E-state index contributed by atoms with van der Waals surface area (Å²) in [7, 11) is 1.40. The SMILES string of the molecule is COC(=O)C(OC(C)(C)C)c1c(C)cc2nc3cn2c1N1CCC(C)(CC1)OCCCCC(C)Oc1cc(C)c(F)cc1-c1cccc-3c1. The highest BCUT2D eigenvalue weighted by Gasteiger charge is 2.37. The summed E-state index contributed by atoms with van der Waals surface area (Å²) in [6.45, 7) is 16.0. The second-order valence-electron chi connectivity index (χ2n) is 14.9. The van der Waals surface area contributed by atoms with E-state index < -0.39 is 17.7 Å². The maximum absolute atomic E-state index is 15.1. The Morgan fingerprint density at radius 1 is 1.06 bits per heavy atom. The number of carbonyl (C=O) groups is 1. The van der Waals surface area contributed by atoms with Gasteiger partial charge in [-0.25, -0.2) is 14.2 Å². The number of aryl methyl sites for hydroxylation is 2. The third-order valence-corrected chi connectivity index (χ3v) is 9.76. The van der Waals surface area contributed by atoms with E-state index in [0.29, 0.717) is 23.5 Å². The number of ether oxygens (including phenoxy) is 4. The number of hydrogen-bond donors (Lipinski definition) is 0. The first kappa shape index (κ1) is 34.9. The largest absolute Gasteiger partial charge is 0.490 e. The van der Waals surface area contributed by atoms with Crippen molar-refractivity contribution in [1.29, 1.82) is 0 Å². The number of aromatic nitrogens is 2. The van der Waals surface area contributed by atoms with E-state index in [1.165, 1.54) is 7.11 Å². The van der Waals surface area contributed by atoms with Crippen LogP contribution in [0.4, 0.5) is 10.2 Å². The van der Waals surface area contributed by atoms with E-state index in [4.69, 9.17) is 23.9 Å². The third kappa shape index (κ3) is 7.48. The summed E-state index contributed by atoms with van der Waals surface area (Å²) < 4.78 is 41.9.